The number of carbonyl (C=O) groups is 2. The lowest BCUT2D eigenvalue weighted by Gasteiger charge is -2.11. The number of amides is 3. The minimum atomic E-state index is -0.330. The van der Waals surface area contributed by atoms with Crippen molar-refractivity contribution in [1.29, 1.82) is 0 Å². The van der Waals surface area contributed by atoms with Crippen LogP contribution in [0.15, 0.2) is 67.0 Å². The minimum Gasteiger partial charge on any atom is -0.492 e. The van der Waals surface area contributed by atoms with Crippen LogP contribution in [0.2, 0.25) is 0 Å². The summed E-state index contributed by atoms with van der Waals surface area (Å²) in [7, 11) is 0. The molecule has 8 nitrogen and oxygen atoms in total. The Morgan fingerprint density at radius 1 is 1.03 bits per heavy atom. The molecule has 1 aromatic heterocycles. The molecule has 0 atom stereocenters. The summed E-state index contributed by atoms with van der Waals surface area (Å²) in [6.45, 7) is 2.90. The minimum absolute atomic E-state index is 0.139. The van der Waals surface area contributed by atoms with Crippen molar-refractivity contribution in [3.05, 3.63) is 72.6 Å². The van der Waals surface area contributed by atoms with Crippen LogP contribution in [0.4, 0.5) is 16.2 Å². The van der Waals surface area contributed by atoms with Crippen LogP contribution in [-0.4, -0.2) is 28.3 Å². The number of rotatable bonds is 8. The highest BCUT2D eigenvalue weighted by Gasteiger charge is 2.04. The van der Waals surface area contributed by atoms with Crippen molar-refractivity contribution in [2.24, 2.45) is 0 Å². The smallest absolute Gasteiger partial charge is 0.319 e. The van der Waals surface area contributed by atoms with E-state index in [-0.39, 0.29) is 11.9 Å². The number of hydrogen-bond acceptors (Lipinski definition) is 4. The van der Waals surface area contributed by atoms with Crippen molar-refractivity contribution in [3.8, 4) is 5.75 Å². The molecule has 8 heteroatoms. The standard InChI is InChI=1S/C21H23N5O3/c1-16(27)24-18-6-2-5-17(13-18)15-22-21(28)25-19-7-3-8-20(14-19)29-12-11-26-10-4-9-23-26/h2-10,13-14H,11-12,15H2,1H3,(H,24,27)(H2,22,25,28). The summed E-state index contributed by atoms with van der Waals surface area (Å²) < 4.78 is 7.50. The van der Waals surface area contributed by atoms with Gasteiger partial charge in [0.15, 0.2) is 0 Å². The molecule has 1 heterocycles. The Labute approximate surface area is 168 Å². The molecule has 150 valence electrons. The van der Waals surface area contributed by atoms with Gasteiger partial charge in [0.25, 0.3) is 0 Å². The van der Waals surface area contributed by atoms with E-state index in [0.29, 0.717) is 36.8 Å². The van der Waals surface area contributed by atoms with Crippen LogP contribution in [-0.2, 0) is 17.9 Å². The van der Waals surface area contributed by atoms with Gasteiger partial charge < -0.3 is 20.7 Å². The number of hydrogen-bond donors (Lipinski definition) is 3. The Morgan fingerprint density at radius 2 is 1.83 bits per heavy atom. The van der Waals surface area contributed by atoms with Crippen molar-refractivity contribution in [2.45, 2.75) is 20.0 Å². The number of urea groups is 1. The first-order chi connectivity index (χ1) is 14.1. The summed E-state index contributed by atoms with van der Waals surface area (Å²) in [5.74, 6) is 0.525. The molecule has 0 fully saturated rings. The molecule has 2 aromatic carbocycles. The molecule has 3 amide bonds. The normalized spacial score (nSPS) is 10.2. The van der Waals surface area contributed by atoms with Gasteiger partial charge in [0.05, 0.1) is 6.54 Å². The van der Waals surface area contributed by atoms with Gasteiger partial charge in [0.2, 0.25) is 5.91 Å². The van der Waals surface area contributed by atoms with Crippen LogP contribution >= 0.6 is 0 Å². The van der Waals surface area contributed by atoms with Gasteiger partial charge in [0.1, 0.15) is 12.4 Å². The van der Waals surface area contributed by atoms with Gasteiger partial charge in [-0.3, -0.25) is 9.48 Å². The molecule has 0 spiro atoms. The molecule has 0 bridgehead atoms. The monoisotopic (exact) mass is 393 g/mol. The lowest BCUT2D eigenvalue weighted by molar-refractivity contribution is -0.114. The van der Waals surface area contributed by atoms with Crippen LogP contribution in [0.5, 0.6) is 5.75 Å². The Bertz CT molecular complexity index is 956. The fraction of sp³-hybridized carbons (Fsp3) is 0.190. The van der Waals surface area contributed by atoms with Crippen LogP contribution in [0.25, 0.3) is 0 Å². The topological polar surface area (TPSA) is 97.3 Å². The third-order valence-corrected chi connectivity index (χ3v) is 3.94. The third-order valence-electron chi connectivity index (χ3n) is 3.94. The predicted molar refractivity (Wildman–Crippen MR) is 111 cm³/mol. The maximum absolute atomic E-state index is 12.2. The molecule has 0 aliphatic carbocycles. The van der Waals surface area contributed by atoms with Crippen LogP contribution in [0.1, 0.15) is 12.5 Å². The molecule has 0 radical (unpaired) electrons. The quantitative estimate of drug-likeness (QED) is 0.547. The highest BCUT2D eigenvalue weighted by Crippen LogP contribution is 2.17. The van der Waals surface area contributed by atoms with E-state index in [0.717, 1.165) is 5.56 Å². The largest absolute Gasteiger partial charge is 0.492 e. The first kappa shape index (κ1) is 19.9. The average Bonchev–Trinajstić information content (AvgIpc) is 3.20. The average molecular weight is 393 g/mol. The van der Waals surface area contributed by atoms with E-state index in [1.165, 1.54) is 6.92 Å². The van der Waals surface area contributed by atoms with E-state index in [9.17, 15) is 9.59 Å². The fourth-order valence-corrected chi connectivity index (χ4v) is 2.67. The Hall–Kier alpha value is -3.81. The van der Waals surface area contributed by atoms with Crippen molar-refractivity contribution >= 4 is 23.3 Å². The number of benzene rings is 2. The molecule has 0 saturated heterocycles. The van der Waals surface area contributed by atoms with E-state index >= 15 is 0 Å². The second-order valence-electron chi connectivity index (χ2n) is 6.33. The van der Waals surface area contributed by atoms with E-state index < -0.39 is 0 Å². The number of carbonyl (C=O) groups excluding carboxylic acids is 2. The zero-order valence-electron chi connectivity index (χ0n) is 16.1. The summed E-state index contributed by atoms with van der Waals surface area (Å²) in [5, 5.41) is 12.4. The molecule has 29 heavy (non-hydrogen) atoms. The number of anilines is 2. The predicted octanol–water partition coefficient (Wildman–Crippen LogP) is 3.24. The number of nitrogens with zero attached hydrogens (tertiary/aromatic N) is 2. The lowest BCUT2D eigenvalue weighted by Crippen LogP contribution is -2.28. The zero-order valence-corrected chi connectivity index (χ0v) is 16.1. The molecular formula is C21H23N5O3. The summed E-state index contributed by atoms with van der Waals surface area (Å²) >= 11 is 0. The molecule has 0 aliphatic heterocycles. The first-order valence-electron chi connectivity index (χ1n) is 9.20. The van der Waals surface area contributed by atoms with Crippen LogP contribution in [0.3, 0.4) is 0 Å². The summed E-state index contributed by atoms with van der Waals surface area (Å²) in [6.07, 6.45) is 3.59. The zero-order chi connectivity index (χ0) is 20.5. The molecule has 3 rings (SSSR count). The summed E-state index contributed by atoms with van der Waals surface area (Å²) in [6, 6.07) is 16.0. The number of ether oxygens (including phenoxy) is 1. The van der Waals surface area contributed by atoms with Crippen molar-refractivity contribution in [2.75, 3.05) is 17.2 Å². The van der Waals surface area contributed by atoms with Crippen LogP contribution in [0, 0.1) is 0 Å². The Balaban J connectivity index is 1.47. The van der Waals surface area contributed by atoms with Crippen LogP contribution < -0.4 is 20.7 Å². The van der Waals surface area contributed by atoms with Crippen molar-refractivity contribution in [1.82, 2.24) is 15.1 Å². The maximum atomic E-state index is 12.2. The SMILES string of the molecule is CC(=O)Nc1cccc(CNC(=O)Nc2cccc(OCCn3cccn3)c2)c1. The molecule has 3 aromatic rings. The highest BCUT2D eigenvalue weighted by atomic mass is 16.5. The summed E-state index contributed by atoms with van der Waals surface area (Å²) in [5.41, 5.74) is 2.20. The van der Waals surface area contributed by atoms with Gasteiger partial charge >= 0.3 is 6.03 Å². The van der Waals surface area contributed by atoms with Crippen molar-refractivity contribution < 1.29 is 14.3 Å². The lowest BCUT2D eigenvalue weighted by atomic mass is 10.2. The van der Waals surface area contributed by atoms with E-state index in [4.69, 9.17) is 4.74 Å². The first-order valence-corrected chi connectivity index (χ1v) is 9.20. The Morgan fingerprint density at radius 3 is 2.59 bits per heavy atom. The van der Waals surface area contributed by atoms with Gasteiger partial charge in [-0.15, -0.1) is 0 Å². The second kappa shape index (κ2) is 9.93. The molecular weight excluding hydrogens is 370 g/mol. The van der Waals surface area contributed by atoms with Gasteiger partial charge in [-0.1, -0.05) is 18.2 Å². The Kier molecular flexibility index (Phi) is 6.83. The van der Waals surface area contributed by atoms with Crippen molar-refractivity contribution in [3.63, 3.8) is 0 Å². The second-order valence-corrected chi connectivity index (χ2v) is 6.33. The van der Waals surface area contributed by atoms with Gasteiger partial charge in [-0.05, 0) is 35.9 Å². The van der Waals surface area contributed by atoms with E-state index in [1.807, 2.05) is 42.6 Å². The number of nitrogens with one attached hydrogen (secondary N) is 3. The maximum Gasteiger partial charge on any atom is 0.319 e. The molecule has 0 unspecified atom stereocenters. The van der Waals surface area contributed by atoms with Gasteiger partial charge in [-0.25, -0.2) is 4.79 Å². The number of aromatic nitrogens is 2. The molecule has 0 aliphatic rings. The fourth-order valence-electron chi connectivity index (χ4n) is 2.67. The molecule has 0 saturated carbocycles. The van der Waals surface area contributed by atoms with Gasteiger partial charge in [-0.2, -0.15) is 5.10 Å². The highest BCUT2D eigenvalue weighted by molar-refractivity contribution is 5.90. The summed E-state index contributed by atoms with van der Waals surface area (Å²) in [4.78, 5) is 23.3. The van der Waals surface area contributed by atoms with E-state index in [1.54, 1.807) is 29.1 Å². The van der Waals surface area contributed by atoms with Gasteiger partial charge in [0, 0.05) is 43.3 Å². The molecule has 3 N–H and O–H groups in total. The third kappa shape index (κ3) is 6.69. The van der Waals surface area contributed by atoms with E-state index in [2.05, 4.69) is 21.0 Å².